The summed E-state index contributed by atoms with van der Waals surface area (Å²) < 4.78 is 59.6. The Kier molecular flexibility index (Phi) is 10.3. The van der Waals surface area contributed by atoms with E-state index in [4.69, 9.17) is 4.74 Å². The Morgan fingerprint density at radius 1 is 1.20 bits per heavy atom. The lowest BCUT2D eigenvalue weighted by molar-refractivity contribution is -0.173. The lowest BCUT2D eigenvalue weighted by Crippen LogP contribution is -2.42. The number of nitrogens with zero attached hydrogens (tertiary/aromatic N) is 2. The number of halogens is 4. The van der Waals surface area contributed by atoms with E-state index in [1.165, 1.54) is 12.1 Å². The molecule has 6 nitrogen and oxygen atoms in total. The van der Waals surface area contributed by atoms with Crippen LogP contribution in [0, 0.1) is 5.82 Å². The Hall–Kier alpha value is -1.91. The molecule has 170 valence electrons. The zero-order valence-corrected chi connectivity index (χ0v) is 17.2. The number of ether oxygens (including phenoxy) is 2. The van der Waals surface area contributed by atoms with Gasteiger partial charge in [0, 0.05) is 32.8 Å². The second kappa shape index (κ2) is 12.7. The predicted octanol–water partition coefficient (Wildman–Crippen LogP) is 2.72. The molecular formula is C20H30F4N4O2. The van der Waals surface area contributed by atoms with Crippen LogP contribution < -0.4 is 10.6 Å². The van der Waals surface area contributed by atoms with Crippen molar-refractivity contribution >= 4 is 5.96 Å². The molecule has 0 radical (unpaired) electrons. The topological polar surface area (TPSA) is 58.1 Å². The van der Waals surface area contributed by atoms with Gasteiger partial charge in [0.05, 0.1) is 25.8 Å². The van der Waals surface area contributed by atoms with Gasteiger partial charge in [-0.15, -0.1) is 0 Å². The lowest BCUT2D eigenvalue weighted by Gasteiger charge is -2.34. The lowest BCUT2D eigenvalue weighted by atomic mass is 10.0. The summed E-state index contributed by atoms with van der Waals surface area (Å²) in [4.78, 5) is 6.90. The summed E-state index contributed by atoms with van der Waals surface area (Å²) in [5, 5.41) is 6.24. The number of guanidine groups is 1. The van der Waals surface area contributed by atoms with E-state index in [0.29, 0.717) is 45.2 Å². The molecule has 1 heterocycles. The van der Waals surface area contributed by atoms with Crippen LogP contribution in [0.25, 0.3) is 0 Å². The molecule has 1 aromatic carbocycles. The first-order valence-electron chi connectivity index (χ1n) is 10.1. The van der Waals surface area contributed by atoms with Crippen molar-refractivity contribution in [1.82, 2.24) is 15.5 Å². The molecule has 0 saturated carbocycles. The molecule has 30 heavy (non-hydrogen) atoms. The molecule has 1 aromatic rings. The van der Waals surface area contributed by atoms with Gasteiger partial charge in [-0.1, -0.05) is 12.1 Å². The third kappa shape index (κ3) is 9.27. The summed E-state index contributed by atoms with van der Waals surface area (Å²) in [5.74, 6) is 0.291. The van der Waals surface area contributed by atoms with Crippen LogP contribution in [-0.2, 0) is 9.47 Å². The molecule has 2 rings (SSSR count). The highest BCUT2D eigenvalue weighted by molar-refractivity contribution is 5.79. The number of nitrogens with one attached hydrogen (secondary N) is 2. The summed E-state index contributed by atoms with van der Waals surface area (Å²) in [7, 11) is 0. The van der Waals surface area contributed by atoms with Crippen molar-refractivity contribution in [2.75, 3.05) is 59.2 Å². The number of hydrogen-bond acceptors (Lipinski definition) is 4. The zero-order valence-electron chi connectivity index (χ0n) is 17.2. The second-order valence-electron chi connectivity index (χ2n) is 6.88. The Morgan fingerprint density at radius 3 is 2.53 bits per heavy atom. The van der Waals surface area contributed by atoms with E-state index in [1.807, 2.05) is 6.92 Å². The number of alkyl halides is 3. The van der Waals surface area contributed by atoms with Gasteiger partial charge in [-0.05, 0) is 31.0 Å². The Morgan fingerprint density at radius 2 is 1.90 bits per heavy atom. The van der Waals surface area contributed by atoms with E-state index in [9.17, 15) is 17.6 Å². The van der Waals surface area contributed by atoms with Crippen molar-refractivity contribution in [3.05, 3.63) is 35.6 Å². The van der Waals surface area contributed by atoms with E-state index < -0.39 is 12.8 Å². The van der Waals surface area contributed by atoms with Crippen LogP contribution in [0.15, 0.2) is 29.3 Å². The number of rotatable bonds is 10. The van der Waals surface area contributed by atoms with Crippen LogP contribution in [0.5, 0.6) is 0 Å². The fourth-order valence-corrected chi connectivity index (χ4v) is 3.09. The molecular weight excluding hydrogens is 404 g/mol. The van der Waals surface area contributed by atoms with Gasteiger partial charge in [0.25, 0.3) is 0 Å². The van der Waals surface area contributed by atoms with Crippen LogP contribution in [0.4, 0.5) is 17.6 Å². The zero-order chi connectivity index (χ0) is 21.8. The van der Waals surface area contributed by atoms with Crippen LogP contribution in [-0.4, -0.2) is 76.2 Å². The third-order valence-electron chi connectivity index (χ3n) is 4.53. The smallest absolute Gasteiger partial charge is 0.379 e. The molecule has 1 aliphatic heterocycles. The molecule has 0 spiro atoms. The molecule has 1 aliphatic rings. The maximum absolute atomic E-state index is 13.3. The fourth-order valence-electron chi connectivity index (χ4n) is 3.09. The van der Waals surface area contributed by atoms with Crippen molar-refractivity contribution in [2.45, 2.75) is 25.6 Å². The number of morpholine rings is 1. The Balaban J connectivity index is 1.92. The van der Waals surface area contributed by atoms with Crippen molar-refractivity contribution in [3.63, 3.8) is 0 Å². The molecule has 0 amide bonds. The minimum Gasteiger partial charge on any atom is -0.379 e. The average molecular weight is 434 g/mol. The SMILES string of the molecule is CCNC(=NCC(c1ccc(F)cc1)N1CCOCC1)NCCCOCC(F)(F)F. The monoisotopic (exact) mass is 434 g/mol. The first-order chi connectivity index (χ1) is 14.4. The van der Waals surface area contributed by atoms with E-state index >= 15 is 0 Å². The standard InChI is InChI=1S/C20H30F4N4O2/c1-2-25-19(26-8-3-11-30-15-20(22,23)24)27-14-18(28-9-12-29-13-10-28)16-4-6-17(21)7-5-16/h4-7,18H,2-3,8-15H2,1H3,(H2,25,26,27). The summed E-state index contributed by atoms with van der Waals surface area (Å²) >= 11 is 0. The van der Waals surface area contributed by atoms with Gasteiger partial charge in [0.1, 0.15) is 12.4 Å². The molecule has 0 bridgehead atoms. The minimum absolute atomic E-state index is 0.0118. The van der Waals surface area contributed by atoms with Crippen LogP contribution in [0.2, 0.25) is 0 Å². The molecule has 0 aromatic heterocycles. The Bertz CT molecular complexity index is 635. The van der Waals surface area contributed by atoms with Crippen LogP contribution in [0.1, 0.15) is 24.9 Å². The number of aliphatic imine (C=N–C) groups is 1. The molecule has 10 heteroatoms. The van der Waals surface area contributed by atoms with E-state index in [2.05, 4.69) is 25.3 Å². The van der Waals surface area contributed by atoms with E-state index in [0.717, 1.165) is 18.7 Å². The maximum Gasteiger partial charge on any atom is 0.411 e. The second-order valence-corrected chi connectivity index (χ2v) is 6.88. The quantitative estimate of drug-likeness (QED) is 0.257. The highest BCUT2D eigenvalue weighted by atomic mass is 19.4. The molecule has 1 saturated heterocycles. The van der Waals surface area contributed by atoms with Crippen molar-refractivity contribution in [2.24, 2.45) is 4.99 Å². The van der Waals surface area contributed by atoms with E-state index in [1.54, 1.807) is 12.1 Å². The van der Waals surface area contributed by atoms with Gasteiger partial charge < -0.3 is 20.1 Å². The van der Waals surface area contributed by atoms with Crippen LogP contribution in [0.3, 0.4) is 0 Å². The average Bonchev–Trinajstić information content (AvgIpc) is 2.72. The normalized spacial score (nSPS) is 17.0. The van der Waals surface area contributed by atoms with Crippen molar-refractivity contribution in [1.29, 1.82) is 0 Å². The first-order valence-corrected chi connectivity index (χ1v) is 10.1. The number of hydrogen-bond donors (Lipinski definition) is 2. The predicted molar refractivity (Wildman–Crippen MR) is 107 cm³/mol. The van der Waals surface area contributed by atoms with Gasteiger partial charge in [-0.25, -0.2) is 4.39 Å². The van der Waals surface area contributed by atoms with Gasteiger partial charge >= 0.3 is 6.18 Å². The molecule has 1 atom stereocenters. The summed E-state index contributed by atoms with van der Waals surface area (Å²) in [5.41, 5.74) is 0.971. The summed E-state index contributed by atoms with van der Waals surface area (Å²) in [6.45, 7) is 5.04. The maximum atomic E-state index is 13.3. The van der Waals surface area contributed by atoms with E-state index in [-0.39, 0.29) is 18.5 Å². The van der Waals surface area contributed by atoms with Gasteiger partial charge in [0.2, 0.25) is 0 Å². The van der Waals surface area contributed by atoms with Crippen molar-refractivity contribution < 1.29 is 27.0 Å². The first kappa shape index (κ1) is 24.4. The largest absolute Gasteiger partial charge is 0.411 e. The van der Waals surface area contributed by atoms with Gasteiger partial charge in [0.15, 0.2) is 5.96 Å². The molecule has 1 unspecified atom stereocenters. The highest BCUT2D eigenvalue weighted by Crippen LogP contribution is 2.22. The van der Waals surface area contributed by atoms with Gasteiger partial charge in [-0.2, -0.15) is 13.2 Å². The van der Waals surface area contributed by atoms with Crippen LogP contribution >= 0.6 is 0 Å². The van der Waals surface area contributed by atoms with Gasteiger partial charge in [-0.3, -0.25) is 9.89 Å². The molecule has 2 N–H and O–H groups in total. The summed E-state index contributed by atoms with van der Waals surface area (Å²) in [6, 6.07) is 6.39. The summed E-state index contributed by atoms with van der Waals surface area (Å²) in [6.07, 6.45) is -3.88. The fraction of sp³-hybridized carbons (Fsp3) is 0.650. The molecule has 0 aliphatic carbocycles. The number of benzene rings is 1. The highest BCUT2D eigenvalue weighted by Gasteiger charge is 2.27. The third-order valence-corrected chi connectivity index (χ3v) is 4.53. The molecule has 1 fully saturated rings. The Labute approximate surface area is 174 Å². The minimum atomic E-state index is -4.31. The van der Waals surface area contributed by atoms with Crippen molar-refractivity contribution in [3.8, 4) is 0 Å².